The molecule has 0 heterocycles. The van der Waals surface area contributed by atoms with E-state index >= 15 is 4.79 Å². The maximum absolute atomic E-state index is 15.5. The van der Waals surface area contributed by atoms with E-state index in [-0.39, 0.29) is 48.0 Å². The van der Waals surface area contributed by atoms with Crippen molar-refractivity contribution in [3.63, 3.8) is 0 Å². The molecule has 3 aromatic rings. The molecule has 1 unspecified atom stereocenters. The number of carboxylic acid groups (broad SMARTS) is 1. The summed E-state index contributed by atoms with van der Waals surface area (Å²) in [5, 5.41) is 32.3. The fourth-order valence-electron chi connectivity index (χ4n) is 9.83. The van der Waals surface area contributed by atoms with Crippen LogP contribution in [0.3, 0.4) is 0 Å². The first kappa shape index (κ1) is 61.0. The Labute approximate surface area is 431 Å². The van der Waals surface area contributed by atoms with Gasteiger partial charge in [-0.3, -0.25) is 9.59 Å². The minimum absolute atomic E-state index is 0.00167. The number of rotatable bonds is 28. The predicted molar refractivity (Wildman–Crippen MR) is 294 cm³/mol. The van der Waals surface area contributed by atoms with Crippen molar-refractivity contribution < 1.29 is 39.2 Å². The number of aryl methyl sites for hydroxylation is 4. The molecule has 398 valence electrons. The number of benzene rings is 3. The number of hydrogen-bond donors (Lipinski definition) is 3. The van der Waals surface area contributed by atoms with Crippen molar-refractivity contribution in [2.75, 3.05) is 0 Å². The van der Waals surface area contributed by atoms with Gasteiger partial charge in [0.05, 0.1) is 0 Å². The zero-order valence-electron chi connectivity index (χ0n) is 47.4. The molecule has 3 aromatic carbocycles. The second-order valence-corrected chi connectivity index (χ2v) is 25.1. The maximum atomic E-state index is 15.5. The molecule has 0 amide bonds. The number of carbonyl (C=O) groups excluding carboxylic acids is 2. The van der Waals surface area contributed by atoms with E-state index in [1.165, 1.54) is 77.0 Å². The number of aromatic hydroxyl groups is 2. The third-order valence-electron chi connectivity index (χ3n) is 14.1. The first-order chi connectivity index (χ1) is 33.0. The van der Waals surface area contributed by atoms with E-state index in [1.54, 1.807) is 0 Å². The average Bonchev–Trinajstić information content (AvgIpc) is 3.25. The average molecular weight is 983 g/mol. The highest BCUT2D eigenvalue weighted by Gasteiger charge is 2.45. The highest BCUT2D eigenvalue weighted by molar-refractivity contribution is 5.86. The third kappa shape index (κ3) is 19.6. The highest BCUT2D eigenvalue weighted by atomic mass is 16.6. The highest BCUT2D eigenvalue weighted by Crippen LogP contribution is 2.42. The second kappa shape index (κ2) is 27.1. The van der Waals surface area contributed by atoms with Crippen LogP contribution < -0.4 is 4.74 Å². The fourth-order valence-corrected chi connectivity index (χ4v) is 9.83. The van der Waals surface area contributed by atoms with E-state index in [1.807, 2.05) is 91.8 Å². The standard InChI is InChI=1S/C63H98O8/c1-16-17-18-19-20-21-22-23-24-25-26-27-28-29-30-31-36-63(43-48-37-44(2)55(67)49(42-48)59(4,5)6,58(69)70-57-45(3)38-46(32-34-53(64)65)41-52(57)62(13,14)15)71-54(66)35-33-47-39-50(60(7,8)9)56(68)51(40-47)61(10,11)12/h37-42,67-68H,16-36,43H2,1-15H3,(H,64,65). The predicted octanol–water partition coefficient (Wildman–Crippen LogP) is 16.6. The van der Waals surface area contributed by atoms with Gasteiger partial charge in [0.1, 0.15) is 17.2 Å². The van der Waals surface area contributed by atoms with Gasteiger partial charge in [-0.05, 0) is 106 Å². The molecule has 0 spiro atoms. The van der Waals surface area contributed by atoms with Crippen LogP contribution in [0.25, 0.3) is 0 Å². The molecule has 3 rings (SSSR count). The van der Waals surface area contributed by atoms with Crippen LogP contribution in [0, 0.1) is 13.8 Å². The minimum Gasteiger partial charge on any atom is -0.507 e. The van der Waals surface area contributed by atoms with Gasteiger partial charge in [-0.15, -0.1) is 0 Å². The van der Waals surface area contributed by atoms with Crippen LogP contribution in [0.5, 0.6) is 17.2 Å². The van der Waals surface area contributed by atoms with Crippen LogP contribution in [0.4, 0.5) is 0 Å². The number of esters is 2. The molecule has 1 atom stereocenters. The number of ether oxygens (including phenoxy) is 2. The van der Waals surface area contributed by atoms with Gasteiger partial charge in [-0.1, -0.05) is 223 Å². The van der Waals surface area contributed by atoms with Gasteiger partial charge in [0.2, 0.25) is 5.60 Å². The Morgan fingerprint density at radius 2 is 0.859 bits per heavy atom. The molecule has 8 nitrogen and oxygen atoms in total. The first-order valence-electron chi connectivity index (χ1n) is 27.5. The molecule has 0 fully saturated rings. The Kier molecular flexibility index (Phi) is 23.3. The lowest BCUT2D eigenvalue weighted by Crippen LogP contribution is -2.48. The number of carbonyl (C=O) groups is 3. The lowest BCUT2D eigenvalue weighted by atomic mass is 9.78. The van der Waals surface area contributed by atoms with Crippen molar-refractivity contribution in [1.29, 1.82) is 0 Å². The van der Waals surface area contributed by atoms with Crippen LogP contribution in [-0.4, -0.2) is 38.8 Å². The Hall–Kier alpha value is -4.33. The lowest BCUT2D eigenvalue weighted by molar-refractivity contribution is -0.178. The SMILES string of the molecule is CCCCCCCCCCCCCCCCCCC(Cc1cc(C)c(O)c(C(C)(C)C)c1)(OC(=O)CCc1cc(C(C)(C)C)c(O)c(C(C)(C)C)c1)C(=O)Oc1c(C)cc(CCC(=O)O)cc1C(C)(C)C. The molecule has 3 N–H and O–H groups in total. The second-order valence-electron chi connectivity index (χ2n) is 25.1. The van der Waals surface area contributed by atoms with E-state index in [0.29, 0.717) is 36.1 Å². The summed E-state index contributed by atoms with van der Waals surface area (Å²) in [5.41, 5.74) is 3.67. The molecule has 0 saturated carbocycles. The van der Waals surface area contributed by atoms with Gasteiger partial charge in [0.25, 0.3) is 0 Å². The molecular formula is C63H98O8. The Balaban J connectivity index is 2.05. The zero-order chi connectivity index (χ0) is 53.4. The molecule has 0 aromatic heterocycles. The smallest absolute Gasteiger partial charge is 0.356 e. The monoisotopic (exact) mass is 983 g/mol. The van der Waals surface area contributed by atoms with Crippen LogP contribution in [0.1, 0.15) is 262 Å². The van der Waals surface area contributed by atoms with Crippen molar-refractivity contribution in [2.24, 2.45) is 0 Å². The summed E-state index contributed by atoms with van der Waals surface area (Å²) < 4.78 is 13.3. The number of carboxylic acids is 1. The molecule has 0 aliphatic rings. The van der Waals surface area contributed by atoms with Crippen LogP contribution in [0.2, 0.25) is 0 Å². The van der Waals surface area contributed by atoms with Crippen LogP contribution in [-0.2, 0) is 60.0 Å². The van der Waals surface area contributed by atoms with Crippen molar-refractivity contribution in [3.05, 3.63) is 86.5 Å². The van der Waals surface area contributed by atoms with E-state index in [4.69, 9.17) is 9.47 Å². The van der Waals surface area contributed by atoms with E-state index in [2.05, 4.69) is 48.5 Å². The van der Waals surface area contributed by atoms with Crippen LogP contribution >= 0.6 is 0 Å². The molecule has 71 heavy (non-hydrogen) atoms. The van der Waals surface area contributed by atoms with Gasteiger partial charge < -0.3 is 24.8 Å². The van der Waals surface area contributed by atoms with Gasteiger partial charge in [-0.2, -0.15) is 0 Å². The van der Waals surface area contributed by atoms with Gasteiger partial charge in [-0.25, -0.2) is 4.79 Å². The van der Waals surface area contributed by atoms with Gasteiger partial charge >= 0.3 is 17.9 Å². The van der Waals surface area contributed by atoms with Crippen molar-refractivity contribution >= 4 is 17.9 Å². The van der Waals surface area contributed by atoms with E-state index in [0.717, 1.165) is 58.2 Å². The van der Waals surface area contributed by atoms with E-state index < -0.39 is 34.3 Å². The Morgan fingerprint density at radius 1 is 0.479 bits per heavy atom. The summed E-state index contributed by atoms with van der Waals surface area (Å²) in [4.78, 5) is 41.7. The lowest BCUT2D eigenvalue weighted by Gasteiger charge is -2.34. The maximum Gasteiger partial charge on any atom is 0.356 e. The third-order valence-corrected chi connectivity index (χ3v) is 14.1. The summed E-state index contributed by atoms with van der Waals surface area (Å²) in [6, 6.07) is 11.6. The van der Waals surface area contributed by atoms with Crippen molar-refractivity contribution in [1.82, 2.24) is 0 Å². The van der Waals surface area contributed by atoms with Crippen molar-refractivity contribution in [3.8, 4) is 17.2 Å². The number of phenolic OH excluding ortho intramolecular Hbond substituents is 2. The summed E-state index contributed by atoms with van der Waals surface area (Å²) in [6.07, 6.45) is 20.2. The topological polar surface area (TPSA) is 130 Å². The summed E-state index contributed by atoms with van der Waals surface area (Å²) >= 11 is 0. The molecule has 0 aliphatic heterocycles. The molecule has 0 aliphatic carbocycles. The largest absolute Gasteiger partial charge is 0.507 e. The summed E-state index contributed by atoms with van der Waals surface area (Å²) in [6.45, 7) is 30.6. The molecule has 0 radical (unpaired) electrons. The molecule has 8 heteroatoms. The zero-order valence-corrected chi connectivity index (χ0v) is 47.4. The summed E-state index contributed by atoms with van der Waals surface area (Å²) in [5.74, 6) is -1.20. The minimum atomic E-state index is -1.72. The molecule has 0 bridgehead atoms. The summed E-state index contributed by atoms with van der Waals surface area (Å²) in [7, 11) is 0. The van der Waals surface area contributed by atoms with Crippen LogP contribution in [0.15, 0.2) is 36.4 Å². The fraction of sp³-hybridized carbons (Fsp3) is 0.667. The van der Waals surface area contributed by atoms with Gasteiger partial charge in [0, 0.05) is 24.8 Å². The van der Waals surface area contributed by atoms with Gasteiger partial charge in [0.15, 0.2) is 0 Å². The number of hydrogen-bond acceptors (Lipinski definition) is 7. The van der Waals surface area contributed by atoms with E-state index in [9.17, 15) is 24.9 Å². The Bertz CT molecular complexity index is 2150. The number of phenols is 2. The number of aliphatic carboxylic acids is 1. The molecule has 0 saturated heterocycles. The Morgan fingerprint density at radius 3 is 1.31 bits per heavy atom. The molecular weight excluding hydrogens is 885 g/mol. The number of unbranched alkanes of at least 4 members (excludes halogenated alkanes) is 15. The quantitative estimate of drug-likeness (QED) is 0.0373. The first-order valence-corrected chi connectivity index (χ1v) is 27.5. The normalized spacial score (nSPS) is 13.3. The van der Waals surface area contributed by atoms with Crippen molar-refractivity contribution in [2.45, 2.75) is 272 Å².